The van der Waals surface area contributed by atoms with E-state index in [-0.39, 0.29) is 12.5 Å². The molecule has 0 N–H and O–H groups in total. The molecule has 1 saturated heterocycles. The highest BCUT2D eigenvalue weighted by atomic mass is 32.1. The number of ether oxygens (including phenoxy) is 1. The van der Waals surface area contributed by atoms with Crippen LogP contribution in [0, 0.1) is 0 Å². The summed E-state index contributed by atoms with van der Waals surface area (Å²) in [6, 6.07) is 13.2. The summed E-state index contributed by atoms with van der Waals surface area (Å²) in [5.41, 5.74) is 3.75. The first kappa shape index (κ1) is 28.6. The molecule has 3 heterocycles. The zero-order valence-corrected chi connectivity index (χ0v) is 25.1. The van der Waals surface area contributed by atoms with Gasteiger partial charge in [0.05, 0.1) is 16.1 Å². The van der Waals surface area contributed by atoms with Gasteiger partial charge in [-0.3, -0.25) is 14.6 Å². The highest BCUT2D eigenvalue weighted by Crippen LogP contribution is 2.35. The van der Waals surface area contributed by atoms with Crippen LogP contribution in [0.5, 0.6) is 0 Å². The summed E-state index contributed by atoms with van der Waals surface area (Å²) in [6.45, 7) is 11.0. The van der Waals surface area contributed by atoms with Crippen molar-refractivity contribution in [2.75, 3.05) is 26.2 Å². The van der Waals surface area contributed by atoms with Gasteiger partial charge in [0.15, 0.2) is 0 Å². The number of thiophene rings is 1. The number of fused-ring (bicyclic) bond motifs is 1. The van der Waals surface area contributed by atoms with E-state index >= 15 is 0 Å². The Bertz CT molecular complexity index is 1330. The van der Waals surface area contributed by atoms with Crippen molar-refractivity contribution in [2.45, 2.75) is 84.5 Å². The van der Waals surface area contributed by atoms with Crippen molar-refractivity contribution in [3.8, 4) is 10.6 Å². The lowest BCUT2D eigenvalue weighted by atomic mass is 9.92. The zero-order valence-electron chi connectivity index (χ0n) is 24.3. The van der Waals surface area contributed by atoms with Gasteiger partial charge in [0.25, 0.3) is 0 Å². The van der Waals surface area contributed by atoms with Crippen LogP contribution in [0.4, 0.5) is 4.79 Å². The van der Waals surface area contributed by atoms with Crippen LogP contribution >= 0.6 is 11.3 Å². The molecule has 2 amide bonds. The molecule has 40 heavy (non-hydrogen) atoms. The lowest BCUT2D eigenvalue weighted by molar-refractivity contribution is -0.136. The first-order valence-electron chi connectivity index (χ1n) is 14.7. The number of carbonyl (C=O) groups excluding carboxylic acids is 2. The molecule has 2 aromatic heterocycles. The molecule has 7 nitrogen and oxygen atoms in total. The van der Waals surface area contributed by atoms with Gasteiger partial charge < -0.3 is 9.64 Å². The summed E-state index contributed by atoms with van der Waals surface area (Å²) >= 11 is 1.68. The summed E-state index contributed by atoms with van der Waals surface area (Å²) in [5, 5.41) is 3.24. The molecule has 3 aromatic rings. The molecule has 1 aromatic carbocycles. The van der Waals surface area contributed by atoms with Crippen molar-refractivity contribution in [3.63, 3.8) is 0 Å². The number of benzene rings is 1. The van der Waals surface area contributed by atoms with Crippen molar-refractivity contribution in [1.82, 2.24) is 19.7 Å². The second-order valence-corrected chi connectivity index (χ2v) is 12.9. The van der Waals surface area contributed by atoms with E-state index in [1.165, 1.54) is 42.6 Å². The Kier molecular flexibility index (Phi) is 8.76. The largest absolute Gasteiger partial charge is 0.444 e. The predicted molar refractivity (Wildman–Crippen MR) is 161 cm³/mol. The van der Waals surface area contributed by atoms with Gasteiger partial charge in [-0.05, 0) is 63.2 Å². The summed E-state index contributed by atoms with van der Waals surface area (Å²) in [4.78, 5) is 38.4. The standard InChI is InChI=1S/C32H42N4O3S/c1-5-34(23-12-7-6-8-13-23)20-25-24-14-9-10-15-27(24)33-30(28-16-11-19-40-28)26(25)21-35-17-18-36(22-29(35)37)31(38)39-32(2,3)4/h9-11,14-16,19,23H,5-8,12-13,17-18,20-22H2,1-4H3. The van der Waals surface area contributed by atoms with Crippen LogP contribution in [-0.2, 0) is 22.6 Å². The Morgan fingerprint density at radius 2 is 1.85 bits per heavy atom. The smallest absolute Gasteiger partial charge is 0.410 e. The molecular weight excluding hydrogens is 520 g/mol. The number of hydrogen-bond acceptors (Lipinski definition) is 6. The van der Waals surface area contributed by atoms with Gasteiger partial charge in [-0.25, -0.2) is 9.78 Å². The van der Waals surface area contributed by atoms with Crippen molar-refractivity contribution in [1.29, 1.82) is 0 Å². The van der Waals surface area contributed by atoms with Gasteiger partial charge in [-0.15, -0.1) is 11.3 Å². The number of pyridine rings is 1. The first-order chi connectivity index (χ1) is 19.2. The van der Waals surface area contributed by atoms with Crippen molar-refractivity contribution < 1.29 is 14.3 Å². The van der Waals surface area contributed by atoms with E-state index in [1.54, 1.807) is 11.3 Å². The minimum absolute atomic E-state index is 0.0305. The lowest BCUT2D eigenvalue weighted by Gasteiger charge is -2.37. The van der Waals surface area contributed by atoms with Crippen LogP contribution < -0.4 is 0 Å². The quantitative estimate of drug-likeness (QED) is 0.321. The third-order valence-corrected chi connectivity index (χ3v) is 8.92. The van der Waals surface area contributed by atoms with Gasteiger partial charge in [0.1, 0.15) is 12.1 Å². The topological polar surface area (TPSA) is 66.0 Å². The second-order valence-electron chi connectivity index (χ2n) is 12.0. The summed E-state index contributed by atoms with van der Waals surface area (Å²) in [6.07, 6.45) is 5.98. The maximum atomic E-state index is 13.4. The molecule has 5 rings (SSSR count). The van der Waals surface area contributed by atoms with Crippen LogP contribution in [0.3, 0.4) is 0 Å². The molecule has 0 bridgehead atoms. The SMILES string of the molecule is CCN(Cc1c(CN2CCN(C(=O)OC(C)(C)C)CC2=O)c(-c2cccs2)nc2ccccc12)C1CCCCC1. The lowest BCUT2D eigenvalue weighted by Crippen LogP contribution is -2.52. The highest BCUT2D eigenvalue weighted by Gasteiger charge is 2.32. The molecular formula is C32H42N4O3S. The summed E-state index contributed by atoms with van der Waals surface area (Å²) < 4.78 is 5.53. The van der Waals surface area contributed by atoms with Crippen LogP contribution in [0.25, 0.3) is 21.5 Å². The zero-order chi connectivity index (χ0) is 28.3. The predicted octanol–water partition coefficient (Wildman–Crippen LogP) is 6.70. The Hall–Kier alpha value is -2.97. The molecule has 1 aliphatic carbocycles. The van der Waals surface area contributed by atoms with Gasteiger partial charge in [-0.1, -0.05) is 50.5 Å². The van der Waals surface area contributed by atoms with Crippen LogP contribution in [0.1, 0.15) is 70.9 Å². The number of aromatic nitrogens is 1. The van der Waals surface area contributed by atoms with E-state index in [0.29, 0.717) is 25.7 Å². The number of para-hydroxylation sites is 1. The first-order valence-corrected chi connectivity index (χ1v) is 15.6. The summed E-state index contributed by atoms with van der Waals surface area (Å²) in [5.74, 6) is -0.0621. The average Bonchev–Trinajstić information content (AvgIpc) is 3.47. The van der Waals surface area contributed by atoms with Gasteiger partial charge in [0, 0.05) is 43.2 Å². The van der Waals surface area contributed by atoms with E-state index in [0.717, 1.165) is 40.1 Å². The molecule has 0 radical (unpaired) electrons. The number of carbonyl (C=O) groups is 2. The normalized spacial score (nSPS) is 17.2. The van der Waals surface area contributed by atoms with E-state index in [1.807, 2.05) is 25.7 Å². The molecule has 1 saturated carbocycles. The molecule has 0 atom stereocenters. The Morgan fingerprint density at radius 3 is 2.52 bits per heavy atom. The van der Waals surface area contributed by atoms with Crippen molar-refractivity contribution in [3.05, 3.63) is 52.9 Å². The Labute approximate surface area is 242 Å². The van der Waals surface area contributed by atoms with Crippen LogP contribution in [-0.4, -0.2) is 69.5 Å². The molecule has 214 valence electrons. The van der Waals surface area contributed by atoms with Gasteiger partial charge in [-0.2, -0.15) is 0 Å². The Balaban J connectivity index is 1.50. The Morgan fingerprint density at radius 1 is 1.07 bits per heavy atom. The van der Waals surface area contributed by atoms with Crippen LogP contribution in [0.2, 0.25) is 0 Å². The maximum absolute atomic E-state index is 13.4. The highest BCUT2D eigenvalue weighted by molar-refractivity contribution is 7.13. The van der Waals surface area contributed by atoms with E-state index in [4.69, 9.17) is 9.72 Å². The van der Waals surface area contributed by atoms with E-state index in [9.17, 15) is 9.59 Å². The van der Waals surface area contributed by atoms with E-state index < -0.39 is 11.7 Å². The third kappa shape index (κ3) is 6.50. The number of rotatable bonds is 7. The minimum atomic E-state index is -0.595. The number of amides is 2. The number of hydrogen-bond donors (Lipinski definition) is 0. The fourth-order valence-corrected chi connectivity index (χ4v) is 6.73. The fourth-order valence-electron chi connectivity index (χ4n) is 5.99. The number of nitrogens with zero attached hydrogens (tertiary/aromatic N) is 4. The number of piperazine rings is 1. The second kappa shape index (κ2) is 12.3. The molecule has 8 heteroatoms. The average molecular weight is 563 g/mol. The van der Waals surface area contributed by atoms with Gasteiger partial charge >= 0.3 is 6.09 Å². The maximum Gasteiger partial charge on any atom is 0.410 e. The van der Waals surface area contributed by atoms with E-state index in [2.05, 4.69) is 53.6 Å². The van der Waals surface area contributed by atoms with Crippen LogP contribution in [0.15, 0.2) is 41.8 Å². The van der Waals surface area contributed by atoms with Gasteiger partial charge in [0.2, 0.25) is 5.91 Å². The molecule has 1 aliphatic heterocycles. The minimum Gasteiger partial charge on any atom is -0.444 e. The molecule has 0 spiro atoms. The van der Waals surface area contributed by atoms with Crippen molar-refractivity contribution in [2.24, 2.45) is 0 Å². The molecule has 2 fully saturated rings. The van der Waals surface area contributed by atoms with Crippen molar-refractivity contribution >= 4 is 34.2 Å². The third-order valence-electron chi connectivity index (χ3n) is 8.04. The summed E-state index contributed by atoms with van der Waals surface area (Å²) in [7, 11) is 0. The monoisotopic (exact) mass is 562 g/mol. The molecule has 2 aliphatic rings. The molecule has 0 unspecified atom stereocenters. The fraction of sp³-hybridized carbons (Fsp3) is 0.531.